The first-order valence-corrected chi connectivity index (χ1v) is 13.9. The van der Waals surface area contributed by atoms with Crippen LogP contribution in [0.3, 0.4) is 0 Å². The fourth-order valence-corrected chi connectivity index (χ4v) is 4.27. The molecule has 24 heavy (non-hydrogen) atoms. The predicted octanol–water partition coefficient (Wildman–Crippen LogP) is 3.52. The van der Waals surface area contributed by atoms with Crippen LogP contribution >= 0.6 is 15.9 Å². The minimum Gasteiger partial charge on any atom is -0.495 e. The Labute approximate surface area is 152 Å². The second-order valence-corrected chi connectivity index (χ2v) is 15.3. The smallest absolute Gasteiger partial charge is 0.230 e. The van der Waals surface area contributed by atoms with E-state index >= 15 is 0 Å². The summed E-state index contributed by atoms with van der Waals surface area (Å²) in [6.07, 6.45) is 1.15. The van der Waals surface area contributed by atoms with Crippen molar-refractivity contribution in [1.29, 1.82) is 0 Å². The first-order valence-electron chi connectivity index (χ1n) is 7.54. The summed E-state index contributed by atoms with van der Waals surface area (Å²) in [5.41, 5.74) is 1.25. The molecular weight excluding hydrogens is 412 g/mol. The molecule has 134 valence electrons. The molecule has 6 nitrogen and oxygen atoms in total. The molecule has 1 aromatic heterocycles. The molecule has 0 aliphatic rings. The van der Waals surface area contributed by atoms with Crippen LogP contribution in [-0.2, 0) is 21.3 Å². The summed E-state index contributed by atoms with van der Waals surface area (Å²) in [5, 5.41) is 0.00524. The van der Waals surface area contributed by atoms with Crippen LogP contribution in [-0.4, -0.2) is 46.0 Å². The number of rotatable bonds is 7. The third-order valence-corrected chi connectivity index (χ3v) is 6.83. The summed E-state index contributed by atoms with van der Waals surface area (Å²) in [4.78, 5) is 4.27. The van der Waals surface area contributed by atoms with Crippen LogP contribution in [0.25, 0.3) is 11.0 Å². The van der Waals surface area contributed by atoms with Crippen molar-refractivity contribution in [1.82, 2.24) is 9.55 Å². The zero-order valence-electron chi connectivity index (χ0n) is 14.6. The van der Waals surface area contributed by atoms with E-state index in [2.05, 4.69) is 40.6 Å². The average molecular weight is 435 g/mol. The molecule has 1 aromatic carbocycles. The van der Waals surface area contributed by atoms with Crippen molar-refractivity contribution in [3.05, 3.63) is 16.6 Å². The van der Waals surface area contributed by atoms with Gasteiger partial charge in [-0.05, 0) is 28.0 Å². The molecule has 0 aliphatic heterocycles. The van der Waals surface area contributed by atoms with Crippen molar-refractivity contribution < 1.29 is 17.9 Å². The van der Waals surface area contributed by atoms with E-state index in [9.17, 15) is 8.42 Å². The van der Waals surface area contributed by atoms with Gasteiger partial charge in [-0.25, -0.2) is 13.4 Å². The van der Waals surface area contributed by atoms with Gasteiger partial charge in [-0.2, -0.15) is 0 Å². The van der Waals surface area contributed by atoms with Crippen LogP contribution in [0.5, 0.6) is 5.75 Å². The van der Waals surface area contributed by atoms with Crippen molar-refractivity contribution in [2.24, 2.45) is 0 Å². The lowest BCUT2D eigenvalue weighted by Gasteiger charge is -2.16. The predicted molar refractivity (Wildman–Crippen MR) is 101 cm³/mol. The second-order valence-electron chi connectivity index (χ2n) is 6.92. The molecule has 9 heteroatoms. The quantitative estimate of drug-likeness (QED) is 0.492. The van der Waals surface area contributed by atoms with E-state index in [4.69, 9.17) is 9.47 Å². The van der Waals surface area contributed by atoms with Gasteiger partial charge in [0.25, 0.3) is 0 Å². The second kappa shape index (κ2) is 7.15. The van der Waals surface area contributed by atoms with Gasteiger partial charge in [-0.15, -0.1) is 0 Å². The number of hydrogen-bond acceptors (Lipinski definition) is 5. The first-order chi connectivity index (χ1) is 11.0. The minimum absolute atomic E-state index is 0.00524. The van der Waals surface area contributed by atoms with Gasteiger partial charge in [0, 0.05) is 27.0 Å². The van der Waals surface area contributed by atoms with Gasteiger partial charge < -0.3 is 9.47 Å². The van der Waals surface area contributed by atoms with E-state index < -0.39 is 17.9 Å². The van der Waals surface area contributed by atoms with Gasteiger partial charge in [0.1, 0.15) is 12.5 Å². The number of sulfone groups is 1. The maximum atomic E-state index is 12.1. The molecule has 2 rings (SSSR count). The Hall–Kier alpha value is -0.903. The SMILES string of the molecule is COc1cc2c(cc1Br)nc(S(C)(=O)=O)n2COCC[Si](C)(C)C. The molecule has 0 radical (unpaired) electrons. The van der Waals surface area contributed by atoms with Crippen LogP contribution in [0.1, 0.15) is 0 Å². The van der Waals surface area contributed by atoms with Crippen LogP contribution < -0.4 is 4.74 Å². The van der Waals surface area contributed by atoms with Crippen LogP contribution in [0, 0.1) is 0 Å². The molecule has 0 spiro atoms. The van der Waals surface area contributed by atoms with Gasteiger partial charge in [0.2, 0.25) is 15.0 Å². The Bertz CT molecular complexity index is 843. The first kappa shape index (κ1) is 19.4. The van der Waals surface area contributed by atoms with E-state index in [1.54, 1.807) is 23.8 Å². The van der Waals surface area contributed by atoms with Gasteiger partial charge in [-0.3, -0.25) is 4.57 Å². The zero-order valence-corrected chi connectivity index (χ0v) is 18.0. The van der Waals surface area contributed by atoms with Crippen molar-refractivity contribution in [3.8, 4) is 5.75 Å². The highest BCUT2D eigenvalue weighted by atomic mass is 79.9. The summed E-state index contributed by atoms with van der Waals surface area (Å²) in [6.45, 7) is 7.56. The lowest BCUT2D eigenvalue weighted by atomic mass is 10.3. The maximum absolute atomic E-state index is 12.1. The summed E-state index contributed by atoms with van der Waals surface area (Å²) >= 11 is 3.40. The highest BCUT2D eigenvalue weighted by Crippen LogP contribution is 2.31. The summed E-state index contributed by atoms with van der Waals surface area (Å²) in [6, 6.07) is 4.53. The number of fused-ring (bicyclic) bond motifs is 1. The molecule has 0 fully saturated rings. The van der Waals surface area contributed by atoms with Crippen molar-refractivity contribution in [2.45, 2.75) is 37.6 Å². The van der Waals surface area contributed by atoms with E-state index in [-0.39, 0.29) is 11.9 Å². The molecule has 0 saturated heterocycles. The normalized spacial score (nSPS) is 12.8. The van der Waals surface area contributed by atoms with Crippen molar-refractivity contribution >= 4 is 44.9 Å². The lowest BCUT2D eigenvalue weighted by Crippen LogP contribution is -2.22. The molecule has 0 amide bonds. The van der Waals surface area contributed by atoms with Gasteiger partial charge in [0.05, 0.1) is 22.6 Å². The lowest BCUT2D eigenvalue weighted by molar-refractivity contribution is 0.0838. The van der Waals surface area contributed by atoms with Crippen molar-refractivity contribution in [3.63, 3.8) is 0 Å². The number of halogens is 1. The number of benzene rings is 1. The minimum atomic E-state index is -3.47. The Balaban J connectivity index is 2.41. The van der Waals surface area contributed by atoms with Gasteiger partial charge in [-0.1, -0.05) is 19.6 Å². The van der Waals surface area contributed by atoms with Crippen molar-refractivity contribution in [2.75, 3.05) is 20.0 Å². The van der Waals surface area contributed by atoms with Crippen LogP contribution in [0.2, 0.25) is 25.7 Å². The number of nitrogens with zero attached hydrogens (tertiary/aromatic N) is 2. The molecule has 2 aromatic rings. The fourth-order valence-electron chi connectivity index (χ4n) is 2.20. The third kappa shape index (κ3) is 4.59. The Kier molecular flexibility index (Phi) is 5.78. The summed E-state index contributed by atoms with van der Waals surface area (Å²) in [7, 11) is -3.10. The molecule has 0 atom stereocenters. The van der Waals surface area contributed by atoms with E-state index in [1.165, 1.54) is 0 Å². The molecule has 0 N–H and O–H groups in total. The molecule has 0 saturated carbocycles. The Morgan fingerprint density at radius 3 is 2.50 bits per heavy atom. The summed E-state index contributed by atoms with van der Waals surface area (Å²) < 4.78 is 37.5. The largest absolute Gasteiger partial charge is 0.495 e. The third-order valence-electron chi connectivity index (χ3n) is 3.54. The zero-order chi connectivity index (χ0) is 18.1. The molecule has 1 heterocycles. The average Bonchev–Trinajstić information content (AvgIpc) is 2.79. The number of imidazole rings is 1. The van der Waals surface area contributed by atoms with Gasteiger partial charge in [0.15, 0.2) is 0 Å². The maximum Gasteiger partial charge on any atom is 0.230 e. The van der Waals surface area contributed by atoms with Crippen LogP contribution in [0.15, 0.2) is 21.8 Å². The van der Waals surface area contributed by atoms with E-state index in [1.807, 2.05) is 0 Å². The number of hydrogen-bond donors (Lipinski definition) is 0. The van der Waals surface area contributed by atoms with Crippen LogP contribution in [0.4, 0.5) is 0 Å². The van der Waals surface area contributed by atoms with Gasteiger partial charge >= 0.3 is 0 Å². The molecule has 0 bridgehead atoms. The van der Waals surface area contributed by atoms with E-state index in [0.29, 0.717) is 23.4 Å². The number of aromatic nitrogens is 2. The fraction of sp³-hybridized carbons (Fsp3) is 0.533. The summed E-state index contributed by atoms with van der Waals surface area (Å²) in [5.74, 6) is 0.616. The molecular formula is C15H23BrN2O4SSi. The number of ether oxygens (including phenoxy) is 2. The number of methoxy groups -OCH3 is 1. The Morgan fingerprint density at radius 1 is 1.29 bits per heavy atom. The molecule has 0 aliphatic carbocycles. The highest BCUT2D eigenvalue weighted by Gasteiger charge is 2.21. The highest BCUT2D eigenvalue weighted by molar-refractivity contribution is 9.10. The topological polar surface area (TPSA) is 70.4 Å². The molecule has 0 unspecified atom stereocenters. The monoisotopic (exact) mass is 434 g/mol. The Morgan fingerprint density at radius 2 is 1.96 bits per heavy atom. The van der Waals surface area contributed by atoms with E-state index in [0.717, 1.165) is 16.8 Å². The standard InChI is InChI=1S/C15H23BrN2O4SSi/c1-21-14-9-13-12(8-11(14)16)17-15(23(2,19)20)18(13)10-22-6-7-24(3,4)5/h8-9H,6-7,10H2,1-5H3.